The van der Waals surface area contributed by atoms with Crippen molar-refractivity contribution < 1.29 is 18.4 Å². The Balaban J connectivity index is 1.84. The van der Waals surface area contributed by atoms with E-state index in [0.717, 1.165) is 5.56 Å². The third-order valence-electron chi connectivity index (χ3n) is 3.77. The SMILES string of the molecule is Cc1ccc(C(=O)[C@H](NC(=O)c2ccco2)Nc2ccc(F)cc2)cc1. The molecule has 1 aromatic heterocycles. The molecule has 1 heterocycles. The Labute approximate surface area is 149 Å². The maximum atomic E-state index is 13.1. The molecule has 2 N–H and O–H groups in total. The highest BCUT2D eigenvalue weighted by atomic mass is 19.1. The lowest BCUT2D eigenvalue weighted by Crippen LogP contribution is -2.46. The van der Waals surface area contributed by atoms with Crippen molar-refractivity contribution in [3.8, 4) is 0 Å². The molecule has 5 nitrogen and oxygen atoms in total. The van der Waals surface area contributed by atoms with E-state index in [1.54, 1.807) is 18.2 Å². The second-order valence-electron chi connectivity index (χ2n) is 5.77. The summed E-state index contributed by atoms with van der Waals surface area (Å²) in [7, 11) is 0. The van der Waals surface area contributed by atoms with Crippen LogP contribution in [0.4, 0.5) is 10.1 Å². The van der Waals surface area contributed by atoms with E-state index < -0.39 is 17.9 Å². The number of carbonyl (C=O) groups excluding carboxylic acids is 2. The van der Waals surface area contributed by atoms with E-state index in [-0.39, 0.29) is 11.5 Å². The van der Waals surface area contributed by atoms with E-state index in [0.29, 0.717) is 11.3 Å². The molecule has 3 rings (SSSR count). The number of rotatable bonds is 6. The van der Waals surface area contributed by atoms with E-state index in [1.807, 2.05) is 19.1 Å². The van der Waals surface area contributed by atoms with Crippen LogP contribution in [0.2, 0.25) is 0 Å². The summed E-state index contributed by atoms with van der Waals surface area (Å²) in [5.74, 6) is -1.16. The number of amides is 1. The Kier molecular flexibility index (Phi) is 5.12. The van der Waals surface area contributed by atoms with Gasteiger partial charge in [-0.05, 0) is 43.3 Å². The molecule has 26 heavy (non-hydrogen) atoms. The highest BCUT2D eigenvalue weighted by Gasteiger charge is 2.23. The van der Waals surface area contributed by atoms with Crippen molar-refractivity contribution in [2.75, 3.05) is 5.32 Å². The van der Waals surface area contributed by atoms with Gasteiger partial charge in [0.05, 0.1) is 6.26 Å². The van der Waals surface area contributed by atoms with Crippen molar-refractivity contribution in [1.82, 2.24) is 5.32 Å². The van der Waals surface area contributed by atoms with Crippen molar-refractivity contribution in [3.05, 3.63) is 89.6 Å². The molecule has 3 aromatic rings. The fraction of sp³-hybridized carbons (Fsp3) is 0.100. The van der Waals surface area contributed by atoms with Crippen LogP contribution in [-0.4, -0.2) is 17.9 Å². The number of hydrogen-bond donors (Lipinski definition) is 2. The molecule has 0 radical (unpaired) electrons. The monoisotopic (exact) mass is 352 g/mol. The van der Waals surface area contributed by atoms with Gasteiger partial charge in [0.25, 0.3) is 5.91 Å². The van der Waals surface area contributed by atoms with Gasteiger partial charge < -0.3 is 15.1 Å². The molecular formula is C20H17FN2O3. The summed E-state index contributed by atoms with van der Waals surface area (Å²) < 4.78 is 18.2. The van der Waals surface area contributed by atoms with E-state index in [2.05, 4.69) is 10.6 Å². The number of ketones is 1. The van der Waals surface area contributed by atoms with Crippen LogP contribution in [0.3, 0.4) is 0 Å². The maximum Gasteiger partial charge on any atom is 0.288 e. The lowest BCUT2D eigenvalue weighted by Gasteiger charge is -2.20. The van der Waals surface area contributed by atoms with Crippen LogP contribution >= 0.6 is 0 Å². The molecule has 0 aliphatic heterocycles. The molecule has 0 bridgehead atoms. The topological polar surface area (TPSA) is 71.3 Å². The van der Waals surface area contributed by atoms with Crippen LogP contribution in [-0.2, 0) is 0 Å². The van der Waals surface area contributed by atoms with Crippen LogP contribution in [0.15, 0.2) is 71.3 Å². The lowest BCUT2D eigenvalue weighted by atomic mass is 10.1. The Bertz CT molecular complexity index is 888. The van der Waals surface area contributed by atoms with Gasteiger partial charge in [0.15, 0.2) is 11.9 Å². The second kappa shape index (κ2) is 7.65. The highest BCUT2D eigenvalue weighted by Crippen LogP contribution is 2.13. The van der Waals surface area contributed by atoms with Gasteiger partial charge in [-0.15, -0.1) is 0 Å². The van der Waals surface area contributed by atoms with E-state index in [1.165, 1.54) is 36.6 Å². The van der Waals surface area contributed by atoms with Crippen LogP contribution in [0.25, 0.3) is 0 Å². The van der Waals surface area contributed by atoms with Gasteiger partial charge in [0, 0.05) is 11.3 Å². The number of Topliss-reactive ketones (excluding diaryl/α,β-unsaturated/α-hetero) is 1. The minimum Gasteiger partial charge on any atom is -0.459 e. The molecule has 0 unspecified atom stereocenters. The summed E-state index contributed by atoms with van der Waals surface area (Å²) in [6, 6.07) is 15.6. The first kappa shape index (κ1) is 17.4. The van der Waals surface area contributed by atoms with Crippen molar-refractivity contribution in [2.45, 2.75) is 13.1 Å². The molecule has 1 atom stereocenters. The molecular weight excluding hydrogens is 335 g/mol. The first-order valence-electron chi connectivity index (χ1n) is 8.00. The zero-order valence-electron chi connectivity index (χ0n) is 14.0. The van der Waals surface area contributed by atoms with Crippen molar-refractivity contribution >= 4 is 17.4 Å². The average Bonchev–Trinajstić information content (AvgIpc) is 3.18. The molecule has 0 saturated heterocycles. The number of anilines is 1. The van der Waals surface area contributed by atoms with Gasteiger partial charge in [0.1, 0.15) is 5.82 Å². The standard InChI is InChI=1S/C20H17FN2O3/c1-13-4-6-14(7-5-13)18(24)19(22-16-10-8-15(21)9-11-16)23-20(25)17-3-2-12-26-17/h2-12,19,22H,1H3,(H,23,25)/t19-/m0/s1. The van der Waals surface area contributed by atoms with Crippen molar-refractivity contribution in [1.29, 1.82) is 0 Å². The molecule has 132 valence electrons. The molecule has 2 aromatic carbocycles. The van der Waals surface area contributed by atoms with E-state index in [4.69, 9.17) is 4.42 Å². The fourth-order valence-corrected chi connectivity index (χ4v) is 2.37. The Morgan fingerprint density at radius 1 is 1.00 bits per heavy atom. The second-order valence-corrected chi connectivity index (χ2v) is 5.77. The molecule has 0 fully saturated rings. The predicted molar refractivity (Wildman–Crippen MR) is 95.5 cm³/mol. The number of aryl methyl sites for hydroxylation is 1. The van der Waals surface area contributed by atoms with Crippen molar-refractivity contribution in [3.63, 3.8) is 0 Å². The molecule has 0 spiro atoms. The van der Waals surface area contributed by atoms with Gasteiger partial charge in [0.2, 0.25) is 5.78 Å². The van der Waals surface area contributed by atoms with Crippen LogP contribution in [0.1, 0.15) is 26.5 Å². The minimum atomic E-state index is -1.04. The number of benzene rings is 2. The number of nitrogens with one attached hydrogen (secondary N) is 2. The van der Waals surface area contributed by atoms with Gasteiger partial charge >= 0.3 is 0 Å². The van der Waals surface area contributed by atoms with Gasteiger partial charge in [-0.1, -0.05) is 29.8 Å². The summed E-state index contributed by atoms with van der Waals surface area (Å²) in [6.45, 7) is 1.92. The molecule has 6 heteroatoms. The lowest BCUT2D eigenvalue weighted by molar-refractivity contribution is 0.0853. The smallest absolute Gasteiger partial charge is 0.288 e. The zero-order valence-corrected chi connectivity index (χ0v) is 14.0. The third kappa shape index (κ3) is 4.16. The summed E-state index contributed by atoms with van der Waals surface area (Å²) >= 11 is 0. The molecule has 0 aliphatic carbocycles. The Morgan fingerprint density at radius 3 is 2.31 bits per heavy atom. The number of hydrogen-bond acceptors (Lipinski definition) is 4. The highest BCUT2D eigenvalue weighted by molar-refractivity contribution is 6.04. The summed E-state index contributed by atoms with van der Waals surface area (Å²) in [5, 5.41) is 5.53. The van der Waals surface area contributed by atoms with Crippen molar-refractivity contribution in [2.24, 2.45) is 0 Å². The Hall–Kier alpha value is -3.41. The zero-order chi connectivity index (χ0) is 18.5. The minimum absolute atomic E-state index is 0.0904. The van der Waals surface area contributed by atoms with Crippen LogP contribution in [0.5, 0.6) is 0 Å². The summed E-state index contributed by atoms with van der Waals surface area (Å²) in [6.07, 6.45) is 0.333. The molecule has 1 amide bonds. The Morgan fingerprint density at radius 2 is 1.69 bits per heavy atom. The molecule has 0 saturated carbocycles. The van der Waals surface area contributed by atoms with Gasteiger partial charge in [-0.3, -0.25) is 9.59 Å². The first-order valence-corrected chi connectivity index (χ1v) is 8.00. The van der Waals surface area contributed by atoms with Gasteiger partial charge in [-0.25, -0.2) is 4.39 Å². The predicted octanol–water partition coefficient (Wildman–Crippen LogP) is 3.78. The van der Waals surface area contributed by atoms with E-state index in [9.17, 15) is 14.0 Å². The number of furan rings is 1. The normalized spacial score (nSPS) is 11.6. The molecule has 0 aliphatic rings. The largest absolute Gasteiger partial charge is 0.459 e. The third-order valence-corrected chi connectivity index (χ3v) is 3.77. The van der Waals surface area contributed by atoms with Gasteiger partial charge in [-0.2, -0.15) is 0 Å². The van der Waals surface area contributed by atoms with Crippen LogP contribution < -0.4 is 10.6 Å². The van der Waals surface area contributed by atoms with Crippen LogP contribution in [0, 0.1) is 12.7 Å². The quantitative estimate of drug-likeness (QED) is 0.523. The first-order chi connectivity index (χ1) is 12.5. The summed E-state index contributed by atoms with van der Waals surface area (Å²) in [4.78, 5) is 25.1. The average molecular weight is 352 g/mol. The maximum absolute atomic E-state index is 13.1. The number of halogens is 1. The van der Waals surface area contributed by atoms with E-state index >= 15 is 0 Å². The fourth-order valence-electron chi connectivity index (χ4n) is 2.37. The summed E-state index contributed by atoms with van der Waals surface area (Å²) in [5.41, 5.74) is 1.95. The number of carbonyl (C=O) groups is 2.